The number of hydrogen-bond acceptors (Lipinski definition) is 1. The molecule has 14 heavy (non-hydrogen) atoms. The Morgan fingerprint density at radius 3 is 2.64 bits per heavy atom. The highest BCUT2D eigenvalue weighted by Gasteiger charge is 2.16. The molecule has 0 saturated carbocycles. The summed E-state index contributed by atoms with van der Waals surface area (Å²) in [6.45, 7) is 4.46. The van der Waals surface area contributed by atoms with E-state index in [1.165, 1.54) is 10.8 Å². The molecule has 0 amide bonds. The van der Waals surface area contributed by atoms with Crippen LogP contribution in [-0.4, -0.2) is 15.3 Å². The van der Waals surface area contributed by atoms with Gasteiger partial charge in [-0.05, 0) is 30.1 Å². The molecule has 0 fully saturated rings. The minimum absolute atomic E-state index is 0.596. The van der Waals surface area contributed by atoms with Crippen molar-refractivity contribution in [1.29, 1.82) is 0 Å². The minimum Gasteiger partial charge on any atom is -0.325 e. The smallest absolute Gasteiger partial charge is 0.284 e. The average molecular weight is 227 g/mol. The van der Waals surface area contributed by atoms with Crippen LogP contribution in [0.25, 0.3) is 0 Å². The van der Waals surface area contributed by atoms with Gasteiger partial charge in [0.05, 0.1) is 0 Å². The molecule has 1 unspecified atom stereocenters. The number of benzene rings is 1. The molecule has 3 heteroatoms. The number of nitrogens with one attached hydrogen (secondary N) is 1. The van der Waals surface area contributed by atoms with Crippen LogP contribution in [0, 0.1) is 0 Å². The monoisotopic (exact) mass is 226 g/mol. The van der Waals surface area contributed by atoms with Gasteiger partial charge in [0, 0.05) is 0 Å². The number of rotatable bonds is 4. The zero-order valence-corrected chi connectivity index (χ0v) is 10.7. The largest absolute Gasteiger partial charge is 0.325 e. The van der Waals surface area contributed by atoms with E-state index in [2.05, 4.69) is 43.1 Å². The number of hydrogen-bond donors (Lipinski definition) is 1. The van der Waals surface area contributed by atoms with Gasteiger partial charge in [-0.15, -0.1) is 11.1 Å². The van der Waals surface area contributed by atoms with Crippen molar-refractivity contribution in [2.45, 2.75) is 26.2 Å². The third-order valence-electron chi connectivity index (χ3n) is 2.56. The predicted octanol–water partition coefficient (Wildman–Crippen LogP) is 2.35. The molecule has 1 N–H and O–H groups in total. The van der Waals surface area contributed by atoms with Crippen molar-refractivity contribution in [3.63, 3.8) is 0 Å². The second-order valence-electron chi connectivity index (χ2n) is 3.46. The van der Waals surface area contributed by atoms with Crippen LogP contribution in [0.3, 0.4) is 0 Å². The van der Waals surface area contributed by atoms with Gasteiger partial charge in [-0.1, -0.05) is 38.1 Å². The minimum atomic E-state index is -1.07. The molecule has 1 aromatic carbocycles. The van der Waals surface area contributed by atoms with Crippen molar-refractivity contribution < 1.29 is 0 Å². The Hall–Kier alpha value is -0.313. The summed E-state index contributed by atoms with van der Waals surface area (Å²) in [4.78, 5) is 3.17. The third kappa shape index (κ3) is 2.59. The lowest BCUT2D eigenvalue weighted by atomic mass is 9.99. The van der Waals surface area contributed by atoms with Gasteiger partial charge in [-0.3, -0.25) is 0 Å². The highest BCUT2D eigenvalue weighted by molar-refractivity contribution is 7.13. The van der Waals surface area contributed by atoms with Crippen LogP contribution in [-0.2, 0) is 0 Å². The van der Waals surface area contributed by atoms with Crippen molar-refractivity contribution in [1.82, 2.24) is 4.98 Å². The fourth-order valence-electron chi connectivity index (χ4n) is 1.48. The van der Waals surface area contributed by atoms with Crippen LogP contribution in [0.15, 0.2) is 24.3 Å². The Morgan fingerprint density at radius 2 is 2.07 bits per heavy atom. The van der Waals surface area contributed by atoms with Gasteiger partial charge in [0.1, 0.15) is 0 Å². The van der Waals surface area contributed by atoms with Gasteiger partial charge in [0.2, 0.25) is 0 Å². The van der Waals surface area contributed by atoms with Crippen molar-refractivity contribution in [3.05, 3.63) is 29.8 Å². The van der Waals surface area contributed by atoms with Gasteiger partial charge in [-0.25, -0.2) is 0 Å². The molecule has 0 aliphatic rings. The van der Waals surface area contributed by atoms with Crippen LogP contribution < -0.4 is 10.2 Å². The molecule has 1 aromatic rings. The Balaban J connectivity index is 3.02. The fraction of sp³-hybridized carbons (Fsp3) is 0.455. The van der Waals surface area contributed by atoms with Crippen molar-refractivity contribution in [3.8, 4) is 0 Å². The molecular weight excluding hydrogens is 210 g/mol. The maximum absolute atomic E-state index is 6.29. The second kappa shape index (κ2) is 5.54. The van der Waals surface area contributed by atoms with Gasteiger partial charge in [0.25, 0.3) is 8.27 Å². The van der Waals surface area contributed by atoms with E-state index >= 15 is 0 Å². The molecule has 0 aliphatic carbocycles. The van der Waals surface area contributed by atoms with Crippen LogP contribution in [0.2, 0.25) is 0 Å². The van der Waals surface area contributed by atoms with E-state index in [9.17, 15) is 0 Å². The first-order chi connectivity index (χ1) is 6.70. The van der Waals surface area contributed by atoms with E-state index in [1.54, 1.807) is 0 Å². The van der Waals surface area contributed by atoms with Crippen LogP contribution in [0.5, 0.6) is 0 Å². The second-order valence-corrected chi connectivity index (χ2v) is 6.26. The van der Waals surface area contributed by atoms with E-state index in [0.717, 1.165) is 6.42 Å². The molecular formula is C11H17ClNSi. The van der Waals surface area contributed by atoms with E-state index in [-0.39, 0.29) is 0 Å². The summed E-state index contributed by atoms with van der Waals surface area (Å²) in [6, 6.07) is 8.48. The SMILES string of the molecule is CCC(C)c1ccccc1[Si](Cl)NC. The quantitative estimate of drug-likeness (QED) is 0.614. The van der Waals surface area contributed by atoms with Gasteiger partial charge < -0.3 is 4.98 Å². The van der Waals surface area contributed by atoms with Crippen LogP contribution in [0.4, 0.5) is 0 Å². The van der Waals surface area contributed by atoms with E-state index < -0.39 is 8.27 Å². The van der Waals surface area contributed by atoms with Gasteiger partial charge in [0.15, 0.2) is 0 Å². The van der Waals surface area contributed by atoms with Gasteiger partial charge >= 0.3 is 0 Å². The third-order valence-corrected chi connectivity index (χ3v) is 5.11. The maximum Gasteiger partial charge on any atom is 0.284 e. The van der Waals surface area contributed by atoms with Crippen LogP contribution in [0.1, 0.15) is 31.7 Å². The zero-order valence-electron chi connectivity index (χ0n) is 8.97. The Morgan fingerprint density at radius 1 is 1.43 bits per heavy atom. The topological polar surface area (TPSA) is 12.0 Å². The molecule has 0 saturated heterocycles. The molecule has 1 nitrogen and oxygen atoms in total. The summed E-state index contributed by atoms with van der Waals surface area (Å²) in [6.07, 6.45) is 1.16. The summed E-state index contributed by atoms with van der Waals surface area (Å²) < 4.78 is 0. The lowest BCUT2D eigenvalue weighted by molar-refractivity contribution is 0.737. The Kier molecular flexibility index (Phi) is 4.65. The molecule has 77 valence electrons. The zero-order chi connectivity index (χ0) is 10.6. The standard InChI is InChI=1S/C11H17ClNSi/c1-4-9(2)10-7-5-6-8-11(10)14(12)13-3/h5-9,13H,4H2,1-3H3. The molecule has 1 atom stereocenters. The summed E-state index contributed by atoms with van der Waals surface area (Å²) in [5.74, 6) is 0.596. The Labute approximate surface area is 92.9 Å². The molecule has 0 spiro atoms. The molecule has 0 aliphatic heterocycles. The number of halogens is 1. The van der Waals surface area contributed by atoms with E-state index in [0.29, 0.717) is 5.92 Å². The molecule has 0 heterocycles. The fourth-order valence-corrected chi connectivity index (χ4v) is 3.09. The summed E-state index contributed by atoms with van der Waals surface area (Å²) in [7, 11) is 0.857. The Bertz CT molecular complexity index is 261. The summed E-state index contributed by atoms with van der Waals surface area (Å²) in [5, 5.41) is 1.30. The molecule has 1 rings (SSSR count). The molecule has 1 radical (unpaired) electrons. The van der Waals surface area contributed by atoms with Crippen LogP contribution >= 0.6 is 11.1 Å². The maximum atomic E-state index is 6.29. The van der Waals surface area contributed by atoms with Gasteiger partial charge in [-0.2, -0.15) is 0 Å². The molecule has 0 bridgehead atoms. The van der Waals surface area contributed by atoms with Crippen molar-refractivity contribution in [2.24, 2.45) is 0 Å². The summed E-state index contributed by atoms with van der Waals surface area (Å²) >= 11 is 6.29. The predicted molar refractivity (Wildman–Crippen MR) is 65.4 cm³/mol. The summed E-state index contributed by atoms with van der Waals surface area (Å²) in [5.41, 5.74) is 1.40. The van der Waals surface area contributed by atoms with Crippen molar-refractivity contribution >= 4 is 24.5 Å². The van der Waals surface area contributed by atoms with Crippen molar-refractivity contribution in [2.75, 3.05) is 7.05 Å². The first-order valence-corrected chi connectivity index (χ1v) is 7.51. The van der Waals surface area contributed by atoms with E-state index in [4.69, 9.17) is 11.1 Å². The lowest BCUT2D eigenvalue weighted by Gasteiger charge is -2.16. The first kappa shape index (κ1) is 11.8. The first-order valence-electron chi connectivity index (χ1n) is 5.00. The average Bonchev–Trinajstić information content (AvgIpc) is 2.27. The molecule has 0 aromatic heterocycles. The van der Waals surface area contributed by atoms with E-state index in [1.807, 2.05) is 7.05 Å². The normalized spacial score (nSPS) is 13.2. The highest BCUT2D eigenvalue weighted by Crippen LogP contribution is 2.16. The lowest BCUT2D eigenvalue weighted by Crippen LogP contribution is -2.40. The highest BCUT2D eigenvalue weighted by atomic mass is 35.6.